The van der Waals surface area contributed by atoms with Crippen LogP contribution in [0.5, 0.6) is 0 Å². The molecule has 0 rings (SSSR count). The van der Waals surface area contributed by atoms with Gasteiger partial charge < -0.3 is 14.3 Å². The second-order valence-electron chi connectivity index (χ2n) is 1.93. The first-order chi connectivity index (χ1) is 5.77. The molecule has 0 bridgehead atoms. The molecule has 0 aliphatic rings. The lowest BCUT2D eigenvalue weighted by Crippen LogP contribution is -1.88. The van der Waals surface area contributed by atoms with E-state index in [0.717, 1.165) is 6.26 Å². The molecule has 0 aromatic rings. The third-order valence-corrected chi connectivity index (χ3v) is 2.80. The molecule has 0 fully saturated rings. The fourth-order valence-corrected chi connectivity index (χ4v) is 1.84. The molecule has 3 N–H and O–H groups in total. The molecule has 1 atom stereocenters. The number of allylic oxidation sites excluding steroid dienone is 1. The fraction of sp³-hybridized carbons (Fsp3) is 0.500. The zero-order valence-corrected chi connectivity index (χ0v) is 8.52. The number of phosphoric acid groups is 2. The smallest absolute Gasteiger partial charge is 0.412 e. The van der Waals surface area contributed by atoms with Crippen molar-refractivity contribution in [3.05, 3.63) is 12.3 Å². The molecule has 0 aromatic carbocycles. The van der Waals surface area contributed by atoms with E-state index in [4.69, 9.17) is 14.7 Å². The van der Waals surface area contributed by atoms with Crippen LogP contribution in [0, 0.1) is 0 Å². The average molecular weight is 232 g/mol. The van der Waals surface area contributed by atoms with Crippen molar-refractivity contribution in [3.63, 3.8) is 0 Å². The van der Waals surface area contributed by atoms with Gasteiger partial charge in [0.1, 0.15) is 0 Å². The summed E-state index contributed by atoms with van der Waals surface area (Å²) < 4.78 is 28.3. The van der Waals surface area contributed by atoms with Crippen LogP contribution in [0.1, 0.15) is 13.3 Å². The van der Waals surface area contributed by atoms with Crippen LogP contribution < -0.4 is 0 Å². The van der Waals surface area contributed by atoms with Gasteiger partial charge in [-0.1, -0.05) is 6.92 Å². The van der Waals surface area contributed by atoms with Crippen LogP contribution in [-0.4, -0.2) is 14.7 Å². The standard InChI is InChI=1S/C4H10O7P2/c1-2-3-4-10-13(8,9)11-12(5,6)7/h3-4H,2H2,1H3,(H,8,9)(H2,5,6,7). The predicted octanol–water partition coefficient (Wildman–Crippen LogP) is 1.14. The van der Waals surface area contributed by atoms with Crippen LogP contribution in [0.2, 0.25) is 0 Å². The van der Waals surface area contributed by atoms with E-state index in [2.05, 4.69) is 8.83 Å². The number of rotatable bonds is 5. The monoisotopic (exact) mass is 232 g/mol. The van der Waals surface area contributed by atoms with Crippen molar-refractivity contribution in [2.75, 3.05) is 0 Å². The lowest BCUT2D eigenvalue weighted by atomic mass is 10.5. The minimum absolute atomic E-state index is 0.551. The second kappa shape index (κ2) is 4.91. The first-order valence-corrected chi connectivity index (χ1v) is 6.22. The zero-order valence-electron chi connectivity index (χ0n) is 6.73. The van der Waals surface area contributed by atoms with Gasteiger partial charge in [-0.05, 0) is 12.5 Å². The van der Waals surface area contributed by atoms with Crippen LogP contribution in [0.25, 0.3) is 0 Å². The molecule has 0 saturated heterocycles. The summed E-state index contributed by atoms with van der Waals surface area (Å²) in [6, 6.07) is 0. The van der Waals surface area contributed by atoms with Gasteiger partial charge in [0.05, 0.1) is 6.26 Å². The highest BCUT2D eigenvalue weighted by Crippen LogP contribution is 2.57. The number of phosphoric ester groups is 1. The molecule has 0 spiro atoms. The summed E-state index contributed by atoms with van der Waals surface area (Å²) in [5.74, 6) is 0. The third kappa shape index (κ3) is 8.18. The molecule has 7 nitrogen and oxygen atoms in total. The van der Waals surface area contributed by atoms with Crippen molar-refractivity contribution < 1.29 is 32.6 Å². The predicted molar refractivity (Wildman–Crippen MR) is 43.5 cm³/mol. The Bertz CT molecular complexity index is 266. The molecule has 0 aliphatic heterocycles. The Balaban J connectivity index is 4.18. The van der Waals surface area contributed by atoms with Crippen molar-refractivity contribution in [2.24, 2.45) is 0 Å². The summed E-state index contributed by atoms with van der Waals surface area (Å²) in [5, 5.41) is 0. The van der Waals surface area contributed by atoms with E-state index in [0.29, 0.717) is 6.42 Å². The second-order valence-corrected chi connectivity index (χ2v) is 4.71. The van der Waals surface area contributed by atoms with Gasteiger partial charge in [0.2, 0.25) is 0 Å². The van der Waals surface area contributed by atoms with Gasteiger partial charge in [-0.2, -0.15) is 4.31 Å². The van der Waals surface area contributed by atoms with Crippen molar-refractivity contribution >= 4 is 15.6 Å². The van der Waals surface area contributed by atoms with E-state index in [1.54, 1.807) is 6.92 Å². The molecule has 13 heavy (non-hydrogen) atoms. The molecule has 0 saturated carbocycles. The Hall–Kier alpha value is -0.160. The van der Waals surface area contributed by atoms with Crippen molar-refractivity contribution in [1.29, 1.82) is 0 Å². The average Bonchev–Trinajstić information content (AvgIpc) is 1.81. The summed E-state index contributed by atoms with van der Waals surface area (Å²) in [4.78, 5) is 25.0. The largest absolute Gasteiger partial charge is 0.535 e. The van der Waals surface area contributed by atoms with Crippen LogP contribution in [-0.2, 0) is 18.0 Å². The Kier molecular flexibility index (Phi) is 4.85. The minimum atomic E-state index is -5.01. The summed E-state index contributed by atoms with van der Waals surface area (Å²) in [6.07, 6.45) is 2.78. The molecular weight excluding hydrogens is 222 g/mol. The Morgan fingerprint density at radius 1 is 1.31 bits per heavy atom. The Labute approximate surface area is 74.9 Å². The lowest BCUT2D eigenvalue weighted by Gasteiger charge is -2.09. The summed E-state index contributed by atoms with van der Waals surface area (Å²) in [7, 11) is -9.70. The maximum atomic E-state index is 10.7. The van der Waals surface area contributed by atoms with Gasteiger partial charge >= 0.3 is 15.6 Å². The summed E-state index contributed by atoms with van der Waals surface area (Å²) in [5.41, 5.74) is 0. The number of hydrogen-bond donors (Lipinski definition) is 3. The Morgan fingerprint density at radius 3 is 2.23 bits per heavy atom. The van der Waals surface area contributed by atoms with E-state index < -0.39 is 15.6 Å². The highest BCUT2D eigenvalue weighted by molar-refractivity contribution is 7.60. The van der Waals surface area contributed by atoms with Crippen LogP contribution >= 0.6 is 15.6 Å². The van der Waals surface area contributed by atoms with Gasteiger partial charge in [-0.3, -0.25) is 4.89 Å². The Morgan fingerprint density at radius 2 is 1.85 bits per heavy atom. The van der Waals surface area contributed by atoms with Crippen LogP contribution in [0.3, 0.4) is 0 Å². The normalized spacial score (nSPS) is 17.2. The maximum Gasteiger partial charge on any atom is 0.535 e. The molecule has 78 valence electrons. The van der Waals surface area contributed by atoms with Crippen molar-refractivity contribution in [1.82, 2.24) is 0 Å². The van der Waals surface area contributed by atoms with Gasteiger partial charge in [-0.25, -0.2) is 9.13 Å². The summed E-state index contributed by atoms with van der Waals surface area (Å²) >= 11 is 0. The quantitative estimate of drug-likeness (QED) is 0.480. The third-order valence-electron chi connectivity index (χ3n) is 0.736. The van der Waals surface area contributed by atoms with Gasteiger partial charge in [0.25, 0.3) is 0 Å². The van der Waals surface area contributed by atoms with E-state index in [9.17, 15) is 9.13 Å². The number of hydrogen-bond acceptors (Lipinski definition) is 4. The lowest BCUT2D eigenvalue weighted by molar-refractivity contribution is 0.216. The molecule has 0 radical (unpaired) electrons. The van der Waals surface area contributed by atoms with Gasteiger partial charge in [0, 0.05) is 0 Å². The zero-order chi connectivity index (χ0) is 10.5. The summed E-state index contributed by atoms with van der Waals surface area (Å²) in [6.45, 7) is 1.74. The molecular formula is C4H10O7P2. The van der Waals surface area contributed by atoms with Gasteiger partial charge in [0.15, 0.2) is 0 Å². The highest BCUT2D eigenvalue weighted by atomic mass is 31.3. The van der Waals surface area contributed by atoms with E-state index in [1.807, 2.05) is 0 Å². The molecule has 0 aliphatic carbocycles. The van der Waals surface area contributed by atoms with E-state index >= 15 is 0 Å². The first-order valence-electron chi connectivity index (χ1n) is 3.20. The van der Waals surface area contributed by atoms with Crippen LogP contribution in [0.4, 0.5) is 0 Å². The first kappa shape index (κ1) is 12.8. The van der Waals surface area contributed by atoms with Gasteiger partial charge in [-0.15, -0.1) is 0 Å². The van der Waals surface area contributed by atoms with Crippen molar-refractivity contribution in [2.45, 2.75) is 13.3 Å². The fourth-order valence-electron chi connectivity index (χ4n) is 0.370. The molecule has 1 unspecified atom stereocenters. The molecule has 0 heterocycles. The van der Waals surface area contributed by atoms with E-state index in [1.165, 1.54) is 6.08 Å². The minimum Gasteiger partial charge on any atom is -0.412 e. The molecule has 9 heteroatoms. The molecule has 0 amide bonds. The van der Waals surface area contributed by atoms with E-state index in [-0.39, 0.29) is 0 Å². The maximum absolute atomic E-state index is 10.7. The van der Waals surface area contributed by atoms with Crippen molar-refractivity contribution in [3.8, 4) is 0 Å². The SMILES string of the molecule is CCC=COP(=O)(O)OP(=O)(O)O. The topological polar surface area (TPSA) is 113 Å². The molecule has 0 aromatic heterocycles. The highest BCUT2D eigenvalue weighted by Gasteiger charge is 2.32. The van der Waals surface area contributed by atoms with Crippen LogP contribution in [0.15, 0.2) is 12.3 Å².